The Morgan fingerprint density at radius 2 is 1.81 bits per heavy atom. The summed E-state index contributed by atoms with van der Waals surface area (Å²) in [5.74, 6) is 0.605. The second-order valence-corrected chi connectivity index (χ2v) is 8.06. The normalized spacial score (nSPS) is 20.0. The van der Waals surface area contributed by atoms with Crippen LogP contribution in [-0.4, -0.2) is 33.3 Å². The summed E-state index contributed by atoms with van der Waals surface area (Å²) in [4.78, 5) is 20.6. The number of urea groups is 1. The lowest BCUT2D eigenvalue weighted by Gasteiger charge is -2.27. The van der Waals surface area contributed by atoms with Crippen molar-refractivity contribution >= 4 is 17.1 Å². The number of amides is 2. The van der Waals surface area contributed by atoms with Crippen LogP contribution in [0.25, 0.3) is 11.0 Å². The van der Waals surface area contributed by atoms with Crippen LogP contribution in [0, 0.1) is 0 Å². The minimum Gasteiger partial charge on any atom is -0.393 e. The van der Waals surface area contributed by atoms with Crippen molar-refractivity contribution in [2.45, 2.75) is 56.7 Å². The summed E-state index contributed by atoms with van der Waals surface area (Å²) < 4.78 is 25.7. The predicted octanol–water partition coefficient (Wildman–Crippen LogP) is 4.39. The van der Waals surface area contributed by atoms with Gasteiger partial charge in [-0.1, -0.05) is 36.4 Å². The van der Waals surface area contributed by atoms with E-state index in [0.29, 0.717) is 25.1 Å². The number of benzene rings is 2. The molecule has 4 N–H and O–H groups in total. The molecule has 4 rings (SSSR count). The van der Waals surface area contributed by atoms with E-state index in [1.807, 2.05) is 24.3 Å². The third kappa shape index (κ3) is 5.38. The molecule has 1 atom stereocenters. The summed E-state index contributed by atoms with van der Waals surface area (Å²) in [5, 5.41) is 15.6. The van der Waals surface area contributed by atoms with Gasteiger partial charge in [-0.15, -0.1) is 0 Å². The third-order valence-electron chi connectivity index (χ3n) is 5.75. The fraction of sp³-hybridized carbons (Fsp3) is 0.391. The van der Waals surface area contributed by atoms with Crippen molar-refractivity contribution in [1.29, 1.82) is 0 Å². The number of halogens is 2. The molecule has 2 aromatic carbocycles. The number of rotatable bonds is 6. The first-order valence-electron chi connectivity index (χ1n) is 10.5. The maximum absolute atomic E-state index is 12.9. The lowest BCUT2D eigenvalue weighted by Crippen LogP contribution is -2.45. The van der Waals surface area contributed by atoms with Crippen molar-refractivity contribution in [1.82, 2.24) is 20.6 Å². The molecule has 0 spiro atoms. The molecule has 8 heteroatoms. The van der Waals surface area contributed by atoms with Crippen LogP contribution >= 0.6 is 0 Å². The number of nitrogens with one attached hydrogen (secondary N) is 3. The maximum Gasteiger partial charge on any atom is 0.315 e. The Morgan fingerprint density at radius 1 is 1.10 bits per heavy atom. The highest BCUT2D eigenvalue weighted by molar-refractivity contribution is 5.76. The molecule has 2 amide bonds. The molecule has 6 nitrogen and oxygen atoms in total. The number of aliphatic hydroxyl groups is 1. The van der Waals surface area contributed by atoms with Crippen molar-refractivity contribution in [2.24, 2.45) is 0 Å². The van der Waals surface area contributed by atoms with E-state index in [0.717, 1.165) is 29.4 Å². The Labute approximate surface area is 179 Å². The Balaban J connectivity index is 1.51. The number of aliphatic hydroxyl groups excluding tert-OH is 1. The number of hydrogen-bond acceptors (Lipinski definition) is 3. The average Bonchev–Trinajstić information content (AvgIpc) is 3.19. The van der Waals surface area contributed by atoms with E-state index in [4.69, 9.17) is 0 Å². The van der Waals surface area contributed by atoms with Crippen molar-refractivity contribution in [3.8, 4) is 0 Å². The Morgan fingerprint density at radius 3 is 2.48 bits per heavy atom. The quantitative estimate of drug-likeness (QED) is 0.470. The van der Waals surface area contributed by atoms with E-state index in [2.05, 4.69) is 20.6 Å². The predicted molar refractivity (Wildman–Crippen MR) is 114 cm³/mol. The van der Waals surface area contributed by atoms with E-state index in [1.165, 1.54) is 12.1 Å². The van der Waals surface area contributed by atoms with Crippen LogP contribution < -0.4 is 10.6 Å². The number of aromatic nitrogens is 2. The third-order valence-corrected chi connectivity index (χ3v) is 5.75. The van der Waals surface area contributed by atoms with Crippen molar-refractivity contribution < 1.29 is 18.7 Å². The number of carbonyl (C=O) groups excluding carboxylic acids is 1. The Bertz CT molecular complexity index is 981. The number of fused-ring (bicyclic) bond motifs is 1. The van der Waals surface area contributed by atoms with E-state index in [9.17, 15) is 18.7 Å². The molecule has 3 aromatic rings. The topological polar surface area (TPSA) is 90.0 Å². The second-order valence-electron chi connectivity index (χ2n) is 8.06. The van der Waals surface area contributed by atoms with Crippen LogP contribution in [0.3, 0.4) is 0 Å². The van der Waals surface area contributed by atoms with Gasteiger partial charge < -0.3 is 20.7 Å². The van der Waals surface area contributed by atoms with E-state index in [-0.39, 0.29) is 23.7 Å². The van der Waals surface area contributed by atoms with Crippen LogP contribution in [0.15, 0.2) is 48.5 Å². The van der Waals surface area contributed by atoms with Gasteiger partial charge in [0.1, 0.15) is 5.82 Å². The van der Waals surface area contributed by atoms with E-state index in [1.54, 1.807) is 12.1 Å². The van der Waals surface area contributed by atoms with Crippen LogP contribution in [0.2, 0.25) is 0 Å². The lowest BCUT2D eigenvalue weighted by atomic mass is 9.93. The highest BCUT2D eigenvalue weighted by Crippen LogP contribution is 2.23. The second kappa shape index (κ2) is 9.43. The zero-order valence-corrected chi connectivity index (χ0v) is 17.0. The minimum atomic E-state index is -2.52. The zero-order chi connectivity index (χ0) is 21.8. The van der Waals surface area contributed by atoms with Gasteiger partial charge in [-0.2, -0.15) is 0 Å². The van der Waals surface area contributed by atoms with Gasteiger partial charge in [-0.05, 0) is 49.8 Å². The van der Waals surface area contributed by atoms with Gasteiger partial charge in [0, 0.05) is 11.6 Å². The number of nitrogens with zero attached hydrogens (tertiary/aromatic N) is 1. The summed E-state index contributed by atoms with van der Waals surface area (Å²) in [6.07, 6.45) is 0.416. The fourth-order valence-electron chi connectivity index (χ4n) is 3.99. The molecule has 31 heavy (non-hydrogen) atoms. The summed E-state index contributed by atoms with van der Waals surface area (Å²) in [6.45, 7) is 0. The number of imidazole rings is 1. The van der Waals surface area contributed by atoms with Crippen molar-refractivity contribution in [3.05, 3.63) is 65.5 Å². The van der Waals surface area contributed by atoms with Gasteiger partial charge >= 0.3 is 6.03 Å². The van der Waals surface area contributed by atoms with E-state index < -0.39 is 12.5 Å². The molecule has 1 aliphatic carbocycles. The zero-order valence-electron chi connectivity index (χ0n) is 17.0. The molecular weight excluding hydrogens is 402 g/mol. The van der Waals surface area contributed by atoms with Crippen LogP contribution in [0.4, 0.5) is 13.6 Å². The Kier molecular flexibility index (Phi) is 6.46. The molecule has 1 heterocycles. The van der Waals surface area contributed by atoms with Gasteiger partial charge in [0.2, 0.25) is 0 Å². The monoisotopic (exact) mass is 428 g/mol. The first kappa shape index (κ1) is 21.2. The smallest absolute Gasteiger partial charge is 0.315 e. The number of hydrogen-bond donors (Lipinski definition) is 4. The molecule has 0 radical (unpaired) electrons. The number of H-pyrrole nitrogens is 1. The maximum atomic E-state index is 12.9. The Hall–Kier alpha value is -3.00. The van der Waals surface area contributed by atoms with E-state index >= 15 is 0 Å². The lowest BCUT2D eigenvalue weighted by molar-refractivity contribution is 0.117. The standard InChI is InChI=1S/C23H26F2N4O2/c24-21(25)15-7-5-14(6-8-15)13-20(22-27-18-3-1-2-4-19(18)28-22)29-23(31)26-16-9-11-17(30)12-10-16/h1-8,16-17,20-21,30H,9-13H2,(H,27,28)(H2,26,29,31)/t16-,17-,20?. The summed E-state index contributed by atoms with van der Waals surface area (Å²) >= 11 is 0. The van der Waals surface area contributed by atoms with Crippen LogP contribution in [-0.2, 0) is 6.42 Å². The molecule has 1 fully saturated rings. The minimum absolute atomic E-state index is 0.0186. The highest BCUT2D eigenvalue weighted by atomic mass is 19.3. The largest absolute Gasteiger partial charge is 0.393 e. The van der Waals surface area contributed by atoms with Gasteiger partial charge in [0.15, 0.2) is 0 Å². The summed E-state index contributed by atoms with van der Waals surface area (Å²) in [6, 6.07) is 13.0. The molecule has 1 saturated carbocycles. The molecule has 1 aliphatic rings. The SMILES string of the molecule is O=C(NC(Cc1ccc(C(F)F)cc1)c1nc2ccccc2[nH]1)N[C@H]1CC[C@H](O)CC1. The number of aromatic amines is 1. The molecule has 1 aromatic heterocycles. The van der Waals surface area contributed by atoms with Crippen LogP contribution in [0.5, 0.6) is 0 Å². The van der Waals surface area contributed by atoms with Crippen molar-refractivity contribution in [2.75, 3.05) is 0 Å². The molecule has 0 aliphatic heterocycles. The van der Waals surface area contributed by atoms with Gasteiger partial charge in [-0.25, -0.2) is 18.6 Å². The van der Waals surface area contributed by atoms with Gasteiger partial charge in [-0.3, -0.25) is 0 Å². The van der Waals surface area contributed by atoms with Gasteiger partial charge in [0.25, 0.3) is 6.43 Å². The fourth-order valence-corrected chi connectivity index (χ4v) is 3.99. The first-order chi connectivity index (χ1) is 15.0. The average molecular weight is 428 g/mol. The first-order valence-corrected chi connectivity index (χ1v) is 10.5. The number of alkyl halides is 2. The summed E-state index contributed by atoms with van der Waals surface area (Å²) in [7, 11) is 0. The highest BCUT2D eigenvalue weighted by Gasteiger charge is 2.24. The molecule has 0 bridgehead atoms. The molecule has 164 valence electrons. The van der Waals surface area contributed by atoms with Crippen LogP contribution in [0.1, 0.15) is 55.1 Å². The molecule has 0 saturated heterocycles. The molecule has 1 unspecified atom stereocenters. The molecular formula is C23H26F2N4O2. The number of para-hydroxylation sites is 2. The number of carbonyl (C=O) groups is 1. The van der Waals surface area contributed by atoms with Gasteiger partial charge in [0.05, 0.1) is 23.2 Å². The van der Waals surface area contributed by atoms with Crippen molar-refractivity contribution in [3.63, 3.8) is 0 Å². The summed E-state index contributed by atoms with van der Waals surface area (Å²) in [5.41, 5.74) is 2.43.